The first-order valence-electron chi connectivity index (χ1n) is 7.98. The Kier molecular flexibility index (Phi) is 5.18. The Hall–Kier alpha value is -2.61. The topological polar surface area (TPSA) is 85.8 Å². The Morgan fingerprint density at radius 1 is 1.32 bits per heavy atom. The molecule has 1 N–H and O–H groups in total. The van der Waals surface area contributed by atoms with Crippen LogP contribution in [0.5, 0.6) is 0 Å². The average molecular weight is 357 g/mol. The molecule has 0 aliphatic heterocycles. The van der Waals surface area contributed by atoms with E-state index in [1.165, 1.54) is 11.8 Å². The molecule has 0 fully saturated rings. The lowest BCUT2D eigenvalue weighted by Gasteiger charge is -2.11. The molecule has 1 amide bonds. The summed E-state index contributed by atoms with van der Waals surface area (Å²) in [6.45, 7) is 6.36. The number of aryl methyl sites for hydroxylation is 1. The van der Waals surface area contributed by atoms with Gasteiger partial charge >= 0.3 is 0 Å². The van der Waals surface area contributed by atoms with Crippen LogP contribution in [-0.4, -0.2) is 31.1 Å². The Morgan fingerprint density at radius 3 is 2.72 bits per heavy atom. The van der Waals surface area contributed by atoms with Crippen molar-refractivity contribution < 1.29 is 9.32 Å². The van der Waals surface area contributed by atoms with Crippen molar-refractivity contribution in [1.29, 1.82) is 0 Å². The van der Waals surface area contributed by atoms with E-state index in [1.807, 2.05) is 48.7 Å². The van der Waals surface area contributed by atoms with Crippen molar-refractivity contribution >= 4 is 23.6 Å². The minimum atomic E-state index is -0.358. The number of benzene rings is 1. The highest BCUT2D eigenvalue weighted by Gasteiger charge is 2.21. The molecular formula is C17H19N5O2S. The fourth-order valence-corrected chi connectivity index (χ4v) is 3.23. The summed E-state index contributed by atoms with van der Waals surface area (Å²) in [5.74, 6) is 0.967. The van der Waals surface area contributed by atoms with Crippen LogP contribution in [0.2, 0.25) is 0 Å². The number of carbonyl (C=O) groups is 1. The molecule has 0 unspecified atom stereocenters. The van der Waals surface area contributed by atoms with Gasteiger partial charge in [-0.1, -0.05) is 47.3 Å². The molecule has 1 atom stereocenters. The quantitative estimate of drug-likeness (QED) is 0.681. The minimum absolute atomic E-state index is 0.173. The molecule has 3 rings (SSSR count). The zero-order valence-electron chi connectivity index (χ0n) is 14.3. The number of thioether (sulfide) groups is 1. The van der Waals surface area contributed by atoms with E-state index in [2.05, 4.69) is 20.7 Å². The fourth-order valence-electron chi connectivity index (χ4n) is 2.32. The number of anilines is 1. The molecule has 0 saturated heterocycles. The molecule has 25 heavy (non-hydrogen) atoms. The molecule has 0 saturated carbocycles. The van der Waals surface area contributed by atoms with Crippen molar-refractivity contribution in [2.45, 2.75) is 37.7 Å². The predicted molar refractivity (Wildman–Crippen MR) is 96.3 cm³/mol. The first kappa shape index (κ1) is 17.2. The smallest absolute Gasteiger partial charge is 0.240 e. The maximum atomic E-state index is 12.3. The van der Waals surface area contributed by atoms with Crippen LogP contribution in [0.1, 0.15) is 19.5 Å². The number of nitrogens with one attached hydrogen (secondary N) is 1. The van der Waals surface area contributed by atoms with Gasteiger partial charge in [-0.2, -0.15) is 0 Å². The van der Waals surface area contributed by atoms with Gasteiger partial charge in [-0.3, -0.25) is 10.1 Å². The predicted octanol–water partition coefficient (Wildman–Crippen LogP) is 3.38. The van der Waals surface area contributed by atoms with Gasteiger partial charge in [0.2, 0.25) is 11.8 Å². The molecule has 0 radical (unpaired) electrons. The second kappa shape index (κ2) is 7.52. The third-order valence-electron chi connectivity index (χ3n) is 3.59. The highest BCUT2D eigenvalue weighted by molar-refractivity contribution is 8.00. The summed E-state index contributed by atoms with van der Waals surface area (Å²) in [7, 11) is 0. The summed E-state index contributed by atoms with van der Waals surface area (Å²) in [5.41, 5.74) is 1.71. The Balaban J connectivity index is 1.74. The van der Waals surface area contributed by atoms with E-state index >= 15 is 0 Å². The number of hydrogen-bond donors (Lipinski definition) is 1. The van der Waals surface area contributed by atoms with Gasteiger partial charge < -0.3 is 9.09 Å². The molecule has 8 heteroatoms. The molecule has 0 aliphatic rings. The van der Waals surface area contributed by atoms with E-state index in [0.29, 0.717) is 16.7 Å². The van der Waals surface area contributed by atoms with Gasteiger partial charge in [0, 0.05) is 18.2 Å². The first-order valence-corrected chi connectivity index (χ1v) is 8.86. The van der Waals surface area contributed by atoms with Crippen molar-refractivity contribution in [2.75, 3.05) is 5.32 Å². The van der Waals surface area contributed by atoms with Crippen LogP contribution in [0.3, 0.4) is 0 Å². The summed E-state index contributed by atoms with van der Waals surface area (Å²) in [5, 5.41) is 15.4. The van der Waals surface area contributed by atoms with Crippen molar-refractivity contribution in [3.63, 3.8) is 0 Å². The normalized spacial score (nSPS) is 12.1. The van der Waals surface area contributed by atoms with Crippen LogP contribution in [0.15, 0.2) is 46.1 Å². The molecule has 2 aromatic heterocycles. The van der Waals surface area contributed by atoms with E-state index in [9.17, 15) is 4.79 Å². The number of hydrogen-bond acceptors (Lipinski definition) is 6. The van der Waals surface area contributed by atoms with Crippen LogP contribution in [0.4, 0.5) is 5.88 Å². The molecule has 0 bridgehead atoms. The third-order valence-corrected chi connectivity index (χ3v) is 4.67. The monoisotopic (exact) mass is 357 g/mol. The van der Waals surface area contributed by atoms with E-state index in [1.54, 1.807) is 13.0 Å². The summed E-state index contributed by atoms with van der Waals surface area (Å²) in [6, 6.07) is 11.6. The van der Waals surface area contributed by atoms with Gasteiger partial charge in [-0.25, -0.2) is 0 Å². The van der Waals surface area contributed by atoms with Gasteiger partial charge in [0.1, 0.15) is 0 Å². The molecule has 2 heterocycles. The fraction of sp³-hybridized carbons (Fsp3) is 0.294. The Morgan fingerprint density at radius 2 is 2.08 bits per heavy atom. The van der Waals surface area contributed by atoms with Crippen LogP contribution >= 0.6 is 11.8 Å². The van der Waals surface area contributed by atoms with E-state index < -0.39 is 0 Å². The van der Waals surface area contributed by atoms with E-state index in [0.717, 1.165) is 17.9 Å². The van der Waals surface area contributed by atoms with Crippen molar-refractivity contribution in [3.05, 3.63) is 42.1 Å². The van der Waals surface area contributed by atoms with Crippen LogP contribution in [0, 0.1) is 6.92 Å². The Bertz CT molecular complexity index is 859. The highest BCUT2D eigenvalue weighted by Crippen LogP contribution is 2.27. The average Bonchev–Trinajstić information content (AvgIpc) is 3.21. The second-order valence-corrected chi connectivity index (χ2v) is 6.81. The summed E-state index contributed by atoms with van der Waals surface area (Å²) in [6.07, 6.45) is 0. The zero-order valence-corrected chi connectivity index (χ0v) is 15.1. The molecule has 130 valence electrons. The number of aromatic nitrogens is 4. The van der Waals surface area contributed by atoms with Crippen molar-refractivity contribution in [1.82, 2.24) is 19.9 Å². The van der Waals surface area contributed by atoms with Crippen LogP contribution in [0.25, 0.3) is 11.4 Å². The van der Waals surface area contributed by atoms with Crippen LogP contribution < -0.4 is 5.32 Å². The standard InChI is InChI=1S/C17H19N5O2S/c1-4-22-15(13-8-6-5-7-9-13)19-20-17(22)25-12(3)16(23)18-14-10-11(2)21-24-14/h5-10,12H,4H2,1-3H3,(H,18,23)/t12-/m0/s1. The van der Waals surface area contributed by atoms with E-state index in [4.69, 9.17) is 4.52 Å². The maximum absolute atomic E-state index is 12.3. The van der Waals surface area contributed by atoms with Crippen molar-refractivity contribution in [3.8, 4) is 11.4 Å². The molecule has 7 nitrogen and oxygen atoms in total. The number of carbonyl (C=O) groups excluding carboxylic acids is 1. The van der Waals surface area contributed by atoms with Gasteiger partial charge in [0.05, 0.1) is 10.9 Å². The lowest BCUT2D eigenvalue weighted by atomic mass is 10.2. The van der Waals surface area contributed by atoms with Gasteiger partial charge in [0.15, 0.2) is 11.0 Å². The number of nitrogens with zero attached hydrogens (tertiary/aromatic N) is 4. The summed E-state index contributed by atoms with van der Waals surface area (Å²) < 4.78 is 7.02. The van der Waals surface area contributed by atoms with Gasteiger partial charge in [-0.15, -0.1) is 10.2 Å². The SMILES string of the molecule is CCn1c(S[C@@H](C)C(=O)Nc2cc(C)no2)nnc1-c1ccccc1. The zero-order chi connectivity index (χ0) is 17.8. The van der Waals surface area contributed by atoms with Crippen molar-refractivity contribution in [2.24, 2.45) is 0 Å². The van der Waals surface area contributed by atoms with Crippen LogP contribution in [-0.2, 0) is 11.3 Å². The molecule has 0 spiro atoms. The maximum Gasteiger partial charge on any atom is 0.240 e. The highest BCUT2D eigenvalue weighted by atomic mass is 32.2. The first-order chi connectivity index (χ1) is 12.1. The lowest BCUT2D eigenvalue weighted by molar-refractivity contribution is -0.115. The Labute approximate surface area is 149 Å². The second-order valence-electron chi connectivity index (χ2n) is 5.50. The number of amides is 1. The van der Waals surface area contributed by atoms with E-state index in [-0.39, 0.29) is 11.2 Å². The van der Waals surface area contributed by atoms with Gasteiger partial charge in [-0.05, 0) is 20.8 Å². The lowest BCUT2D eigenvalue weighted by Crippen LogP contribution is -2.22. The minimum Gasteiger partial charge on any atom is -0.338 e. The molecule has 3 aromatic rings. The molecule has 1 aromatic carbocycles. The molecular weight excluding hydrogens is 338 g/mol. The van der Waals surface area contributed by atoms with Gasteiger partial charge in [0.25, 0.3) is 0 Å². The number of rotatable bonds is 6. The summed E-state index contributed by atoms with van der Waals surface area (Å²) in [4.78, 5) is 12.3. The largest absolute Gasteiger partial charge is 0.338 e. The summed E-state index contributed by atoms with van der Waals surface area (Å²) >= 11 is 1.36. The third kappa shape index (κ3) is 3.90. The molecule has 0 aliphatic carbocycles.